The molecule has 66 valence electrons. The summed E-state index contributed by atoms with van der Waals surface area (Å²) in [4.78, 5) is 2.02. The van der Waals surface area contributed by atoms with E-state index in [2.05, 4.69) is 6.08 Å². The predicted molar refractivity (Wildman–Crippen MR) is 52.8 cm³/mol. The van der Waals surface area contributed by atoms with Crippen LogP contribution < -0.4 is 0 Å². The van der Waals surface area contributed by atoms with Crippen molar-refractivity contribution >= 4 is 18.4 Å². The number of rotatable bonds is 2. The summed E-state index contributed by atoms with van der Waals surface area (Å²) in [7, 11) is 2.38. The lowest BCUT2D eigenvalue weighted by atomic mass is 10.1. The van der Waals surface area contributed by atoms with Gasteiger partial charge in [0.1, 0.15) is 0 Å². The van der Waals surface area contributed by atoms with E-state index in [0.717, 1.165) is 12.1 Å². The standard InChI is InChI=1S/C8H12ClNOP/c1-10(2)7-3-5-8(6-4-7)12(9)11/h3-5,8H,6H2,1-2H3/q+1. The molecule has 0 saturated carbocycles. The second-order valence-electron chi connectivity index (χ2n) is 2.96. The van der Waals surface area contributed by atoms with E-state index in [0.29, 0.717) is 0 Å². The van der Waals surface area contributed by atoms with E-state index in [9.17, 15) is 4.57 Å². The van der Waals surface area contributed by atoms with Crippen LogP contribution in [0.5, 0.6) is 0 Å². The Bertz CT molecular complexity index is 247. The van der Waals surface area contributed by atoms with Gasteiger partial charge in [0.2, 0.25) is 11.2 Å². The molecule has 1 aliphatic carbocycles. The highest BCUT2D eigenvalue weighted by Crippen LogP contribution is 2.38. The molecule has 0 saturated heterocycles. The molecule has 1 aliphatic rings. The fraction of sp³-hybridized carbons (Fsp3) is 0.500. The molecule has 0 amide bonds. The third-order valence-corrected chi connectivity index (χ3v) is 3.49. The van der Waals surface area contributed by atoms with Crippen LogP contribution in [0.2, 0.25) is 0 Å². The molecule has 0 bridgehead atoms. The van der Waals surface area contributed by atoms with Crippen molar-refractivity contribution in [1.82, 2.24) is 4.90 Å². The number of hydrogen-bond donors (Lipinski definition) is 0. The zero-order valence-corrected chi connectivity index (χ0v) is 8.85. The van der Waals surface area contributed by atoms with Crippen LogP contribution in [-0.4, -0.2) is 24.7 Å². The SMILES string of the molecule is CN(C)C1=CCC([P+](=O)Cl)C=C1. The van der Waals surface area contributed by atoms with Crippen LogP contribution in [0.15, 0.2) is 23.9 Å². The van der Waals surface area contributed by atoms with Crippen molar-refractivity contribution in [3.63, 3.8) is 0 Å². The summed E-state index contributed by atoms with van der Waals surface area (Å²) >= 11 is 5.50. The van der Waals surface area contributed by atoms with Gasteiger partial charge in [0.25, 0.3) is 0 Å². The van der Waals surface area contributed by atoms with Gasteiger partial charge < -0.3 is 4.90 Å². The van der Waals surface area contributed by atoms with E-state index >= 15 is 0 Å². The fourth-order valence-electron chi connectivity index (χ4n) is 1.08. The molecular weight excluding hydrogens is 193 g/mol. The van der Waals surface area contributed by atoms with Gasteiger partial charge in [-0.05, 0) is 12.2 Å². The first-order chi connectivity index (χ1) is 5.61. The van der Waals surface area contributed by atoms with Gasteiger partial charge in [-0.15, -0.1) is 0 Å². The van der Waals surface area contributed by atoms with Gasteiger partial charge in [0.05, 0.1) is 0 Å². The number of nitrogens with zero attached hydrogens (tertiary/aromatic N) is 1. The topological polar surface area (TPSA) is 20.3 Å². The lowest BCUT2D eigenvalue weighted by Gasteiger charge is -2.16. The summed E-state index contributed by atoms with van der Waals surface area (Å²) in [5.41, 5.74) is 1.17. The number of allylic oxidation sites excluding steroid dienone is 3. The highest BCUT2D eigenvalue weighted by atomic mass is 35.7. The van der Waals surface area contributed by atoms with Crippen LogP contribution in [0.3, 0.4) is 0 Å². The third kappa shape index (κ3) is 2.33. The Labute approximate surface area is 78.5 Å². The first kappa shape index (κ1) is 9.76. The quantitative estimate of drug-likeness (QED) is 0.645. The number of halogens is 1. The molecule has 0 heterocycles. The highest BCUT2D eigenvalue weighted by Gasteiger charge is 2.26. The van der Waals surface area contributed by atoms with Crippen LogP contribution in [0.1, 0.15) is 6.42 Å². The molecule has 0 spiro atoms. The van der Waals surface area contributed by atoms with Gasteiger partial charge >= 0.3 is 7.15 Å². The summed E-state index contributed by atoms with van der Waals surface area (Å²) in [6.45, 7) is 0. The van der Waals surface area contributed by atoms with Crippen LogP contribution >= 0.6 is 18.4 Å². The normalized spacial score (nSPS) is 23.4. The molecule has 0 aliphatic heterocycles. The molecule has 1 rings (SSSR count). The molecule has 0 aromatic rings. The first-order valence-corrected chi connectivity index (χ1v) is 6.02. The zero-order valence-electron chi connectivity index (χ0n) is 7.20. The summed E-state index contributed by atoms with van der Waals surface area (Å²) in [5, 5.41) is 0. The summed E-state index contributed by atoms with van der Waals surface area (Å²) in [5.74, 6) is 0. The maximum Gasteiger partial charge on any atom is 0.462 e. The fourth-order valence-corrected chi connectivity index (χ4v) is 2.01. The van der Waals surface area contributed by atoms with Gasteiger partial charge in [0, 0.05) is 26.2 Å². The van der Waals surface area contributed by atoms with Crippen LogP contribution in [0.4, 0.5) is 0 Å². The van der Waals surface area contributed by atoms with E-state index in [-0.39, 0.29) is 5.66 Å². The summed E-state index contributed by atoms with van der Waals surface area (Å²) in [6.07, 6.45) is 6.72. The molecule has 2 unspecified atom stereocenters. The Balaban J connectivity index is 2.61. The Morgan fingerprint density at radius 3 is 2.67 bits per heavy atom. The minimum atomic E-state index is -1.58. The zero-order chi connectivity index (χ0) is 9.14. The molecular formula is C8H12ClNOP+. The number of hydrogen-bond acceptors (Lipinski definition) is 2. The third-order valence-electron chi connectivity index (χ3n) is 1.83. The molecule has 2 atom stereocenters. The highest BCUT2D eigenvalue weighted by molar-refractivity contribution is 7.74. The van der Waals surface area contributed by atoms with Crippen molar-refractivity contribution in [1.29, 1.82) is 0 Å². The average Bonchev–Trinajstić information content (AvgIpc) is 2.04. The Kier molecular flexibility index (Phi) is 3.30. The lowest BCUT2D eigenvalue weighted by Crippen LogP contribution is -2.12. The van der Waals surface area contributed by atoms with Crippen molar-refractivity contribution in [2.75, 3.05) is 14.1 Å². The molecule has 12 heavy (non-hydrogen) atoms. The van der Waals surface area contributed by atoms with Crippen LogP contribution in [0.25, 0.3) is 0 Å². The minimum absolute atomic E-state index is 0.0189. The van der Waals surface area contributed by atoms with Gasteiger partial charge in [0.15, 0.2) is 5.66 Å². The van der Waals surface area contributed by atoms with Crippen molar-refractivity contribution < 1.29 is 4.57 Å². The molecule has 0 radical (unpaired) electrons. The van der Waals surface area contributed by atoms with Crippen molar-refractivity contribution in [2.24, 2.45) is 0 Å². The second kappa shape index (κ2) is 4.06. The summed E-state index contributed by atoms with van der Waals surface area (Å²) < 4.78 is 10.9. The largest absolute Gasteiger partial charge is 0.462 e. The van der Waals surface area contributed by atoms with Gasteiger partial charge in [-0.3, -0.25) is 0 Å². The Morgan fingerprint density at radius 2 is 2.33 bits per heavy atom. The van der Waals surface area contributed by atoms with Crippen molar-refractivity contribution in [3.05, 3.63) is 23.9 Å². The van der Waals surface area contributed by atoms with E-state index in [1.165, 1.54) is 0 Å². The molecule has 0 aromatic carbocycles. The van der Waals surface area contributed by atoms with Crippen LogP contribution in [0, 0.1) is 0 Å². The van der Waals surface area contributed by atoms with Crippen molar-refractivity contribution in [2.45, 2.75) is 12.1 Å². The lowest BCUT2D eigenvalue weighted by molar-refractivity contribution is 0.523. The first-order valence-electron chi connectivity index (χ1n) is 3.79. The molecule has 4 heteroatoms. The number of likely N-dealkylation sites (N-methyl/N-ethyl adjacent to an activating group) is 1. The van der Waals surface area contributed by atoms with Gasteiger partial charge in [-0.25, -0.2) is 0 Å². The van der Waals surface area contributed by atoms with E-state index in [1.807, 2.05) is 31.1 Å². The van der Waals surface area contributed by atoms with Crippen LogP contribution in [-0.2, 0) is 4.57 Å². The molecule has 0 aromatic heterocycles. The van der Waals surface area contributed by atoms with E-state index in [1.54, 1.807) is 0 Å². The van der Waals surface area contributed by atoms with Crippen molar-refractivity contribution in [3.8, 4) is 0 Å². The van der Waals surface area contributed by atoms with E-state index < -0.39 is 7.15 Å². The maximum absolute atomic E-state index is 10.9. The molecule has 0 N–H and O–H groups in total. The maximum atomic E-state index is 10.9. The minimum Gasteiger partial charge on any atom is -0.378 e. The monoisotopic (exact) mass is 204 g/mol. The second-order valence-corrected chi connectivity index (χ2v) is 5.16. The average molecular weight is 205 g/mol. The molecule has 0 fully saturated rings. The predicted octanol–water partition coefficient (Wildman–Crippen LogP) is 2.74. The summed E-state index contributed by atoms with van der Waals surface area (Å²) in [6, 6.07) is 0. The Hall–Kier alpha value is -0.330. The van der Waals surface area contributed by atoms with E-state index in [4.69, 9.17) is 11.2 Å². The smallest absolute Gasteiger partial charge is 0.378 e. The van der Waals surface area contributed by atoms with Gasteiger partial charge in [-0.1, -0.05) is 10.6 Å². The molecule has 2 nitrogen and oxygen atoms in total. The Morgan fingerprint density at radius 1 is 1.67 bits per heavy atom. The van der Waals surface area contributed by atoms with Gasteiger partial charge in [-0.2, -0.15) is 0 Å².